The van der Waals surface area contributed by atoms with Crippen molar-refractivity contribution in [1.82, 2.24) is 25.8 Å². The van der Waals surface area contributed by atoms with Gasteiger partial charge in [-0.15, -0.1) is 0 Å². The van der Waals surface area contributed by atoms with Crippen molar-refractivity contribution in [3.05, 3.63) is 83.1 Å². The largest absolute Gasteiger partial charge is 0.444 e. The lowest BCUT2D eigenvalue weighted by atomic mass is 10.00. The van der Waals surface area contributed by atoms with Gasteiger partial charge < -0.3 is 35.6 Å². The number of carbonyl (C=O) groups is 6. The van der Waals surface area contributed by atoms with Crippen LogP contribution in [0.5, 0.6) is 0 Å². The number of carbonyl (C=O) groups excluding carboxylic acids is 6. The zero-order valence-electron chi connectivity index (χ0n) is 30.8. The number of benzene rings is 2. The maximum atomic E-state index is 14.2. The van der Waals surface area contributed by atoms with Crippen LogP contribution in [0.2, 0.25) is 0 Å². The summed E-state index contributed by atoms with van der Waals surface area (Å²) < 4.78 is 5.88. The van der Waals surface area contributed by atoms with Crippen LogP contribution in [0.3, 0.4) is 0 Å². The summed E-state index contributed by atoms with van der Waals surface area (Å²) in [6.07, 6.45) is -0.544. The van der Waals surface area contributed by atoms with Crippen molar-refractivity contribution in [2.24, 2.45) is 11.8 Å². The number of amides is 5. The summed E-state index contributed by atoms with van der Waals surface area (Å²) >= 11 is 0. The Bertz CT molecular complexity index is 1660. The van der Waals surface area contributed by atoms with E-state index in [0.29, 0.717) is 25.9 Å². The molecule has 4 N–H and O–H groups in total. The van der Waals surface area contributed by atoms with E-state index in [9.17, 15) is 33.9 Å². The predicted molar refractivity (Wildman–Crippen MR) is 193 cm³/mol. The highest BCUT2D eigenvalue weighted by Crippen LogP contribution is 2.26. The van der Waals surface area contributed by atoms with Crippen LogP contribution < -0.4 is 16.0 Å². The number of allylic oxidation sites excluding steroid dienone is 1. The molecule has 0 aromatic heterocycles. The SMILES string of the molecule is CC/C=C(/NC(=O)[C@@H]1C[C@H](OC(=O)N2CCc3ccccc3C2)CN1C(=O)[C@@H](NC(=O)C(O)C(C)C)C(C)C)C(=O)C(=O)N[C@@H](C)c1ccccc1. The third-order valence-corrected chi connectivity index (χ3v) is 9.40. The van der Waals surface area contributed by atoms with Gasteiger partial charge in [0.05, 0.1) is 18.3 Å². The minimum absolute atomic E-state index is 0.0913. The normalized spacial score (nSPS) is 19.0. The molecule has 0 aliphatic carbocycles. The lowest BCUT2D eigenvalue weighted by molar-refractivity contribution is -0.144. The van der Waals surface area contributed by atoms with Crippen molar-refractivity contribution in [3.63, 3.8) is 0 Å². The molecule has 280 valence electrons. The molecule has 13 nitrogen and oxygen atoms in total. The molecule has 13 heteroatoms. The van der Waals surface area contributed by atoms with Gasteiger partial charge in [-0.25, -0.2) is 4.79 Å². The van der Waals surface area contributed by atoms with E-state index in [1.165, 1.54) is 11.0 Å². The number of nitrogens with one attached hydrogen (secondary N) is 3. The first-order chi connectivity index (χ1) is 24.7. The van der Waals surface area contributed by atoms with Crippen molar-refractivity contribution in [3.8, 4) is 0 Å². The Labute approximate surface area is 305 Å². The van der Waals surface area contributed by atoms with Gasteiger partial charge in [0.2, 0.25) is 17.7 Å². The van der Waals surface area contributed by atoms with E-state index < -0.39 is 77.7 Å². The molecule has 1 unspecified atom stereocenters. The second-order valence-corrected chi connectivity index (χ2v) is 14.1. The fraction of sp³-hybridized carbons (Fsp3) is 0.487. The van der Waals surface area contributed by atoms with Crippen molar-refractivity contribution >= 4 is 35.5 Å². The van der Waals surface area contributed by atoms with Crippen molar-refractivity contribution in [2.45, 2.75) is 97.7 Å². The number of hydrogen-bond donors (Lipinski definition) is 4. The number of ketones is 1. The van der Waals surface area contributed by atoms with Crippen molar-refractivity contribution in [2.75, 3.05) is 13.1 Å². The molecular formula is C39H51N5O8. The van der Waals surface area contributed by atoms with Gasteiger partial charge in [0, 0.05) is 19.5 Å². The monoisotopic (exact) mass is 717 g/mol. The summed E-state index contributed by atoms with van der Waals surface area (Å²) in [5.41, 5.74) is 2.70. The highest BCUT2D eigenvalue weighted by atomic mass is 16.6. The molecule has 4 rings (SSSR count). The molecule has 2 heterocycles. The first-order valence-electron chi connectivity index (χ1n) is 17.9. The van der Waals surface area contributed by atoms with Crippen LogP contribution in [0.4, 0.5) is 4.79 Å². The van der Waals surface area contributed by atoms with Crippen LogP contribution >= 0.6 is 0 Å². The average Bonchev–Trinajstić information content (AvgIpc) is 3.56. The lowest BCUT2D eigenvalue weighted by Gasteiger charge is -2.31. The molecular weight excluding hydrogens is 666 g/mol. The Morgan fingerprint density at radius 3 is 2.19 bits per heavy atom. The first kappa shape index (κ1) is 39.7. The van der Waals surface area contributed by atoms with E-state index in [0.717, 1.165) is 16.7 Å². The maximum absolute atomic E-state index is 14.2. The Kier molecular flexibility index (Phi) is 13.7. The second-order valence-electron chi connectivity index (χ2n) is 14.1. The minimum atomic E-state index is -1.36. The number of fused-ring (bicyclic) bond motifs is 1. The Morgan fingerprint density at radius 2 is 1.56 bits per heavy atom. The third-order valence-electron chi connectivity index (χ3n) is 9.40. The van der Waals surface area contributed by atoms with E-state index in [1.54, 1.807) is 46.4 Å². The van der Waals surface area contributed by atoms with Crippen molar-refractivity contribution in [1.29, 1.82) is 0 Å². The summed E-state index contributed by atoms with van der Waals surface area (Å²) in [6.45, 7) is 10.9. The van der Waals surface area contributed by atoms with Crippen LogP contribution in [-0.4, -0.2) is 87.8 Å². The fourth-order valence-electron chi connectivity index (χ4n) is 6.31. The van der Waals surface area contributed by atoms with Crippen LogP contribution in [-0.2, 0) is 41.7 Å². The molecule has 0 radical (unpaired) electrons. The maximum Gasteiger partial charge on any atom is 0.410 e. The Morgan fingerprint density at radius 1 is 0.904 bits per heavy atom. The standard InChI is InChI=1S/C39H51N5O8/c1-7-13-30(34(46)37(49)40-25(6)26-14-9-8-10-15-26)41-35(47)31-20-29(52-39(51)43-19-18-27-16-11-12-17-28(27)21-43)22-44(31)38(50)32(23(2)3)42-36(48)33(45)24(4)5/h8-17,23-25,29,31-33,45H,7,18-22H2,1-6H3,(H,40,49)(H,41,47)(H,42,48)/b30-13+/t25-,29-,31-,32-,33?/m0/s1. The molecule has 2 aliphatic heterocycles. The summed E-state index contributed by atoms with van der Waals surface area (Å²) in [5, 5.41) is 18.2. The summed E-state index contributed by atoms with van der Waals surface area (Å²) in [5.74, 6) is -4.84. The van der Waals surface area contributed by atoms with E-state index in [-0.39, 0.29) is 18.7 Å². The van der Waals surface area contributed by atoms with Crippen LogP contribution in [0.15, 0.2) is 66.4 Å². The Balaban J connectivity index is 1.54. The van der Waals surface area contributed by atoms with E-state index >= 15 is 0 Å². The zero-order valence-corrected chi connectivity index (χ0v) is 30.8. The van der Waals surface area contributed by atoms with Gasteiger partial charge >= 0.3 is 6.09 Å². The van der Waals surface area contributed by atoms with Gasteiger partial charge in [0.15, 0.2) is 0 Å². The van der Waals surface area contributed by atoms with E-state index in [1.807, 2.05) is 54.6 Å². The van der Waals surface area contributed by atoms with Gasteiger partial charge in [-0.1, -0.05) is 95.3 Å². The first-order valence-corrected chi connectivity index (χ1v) is 17.9. The highest BCUT2D eigenvalue weighted by molar-refractivity contribution is 6.43. The van der Waals surface area contributed by atoms with Gasteiger partial charge in [-0.2, -0.15) is 0 Å². The number of Topliss-reactive ketones (excluding diaryl/α,β-unsaturated/α-hetero) is 1. The number of ether oxygens (including phenoxy) is 1. The van der Waals surface area contributed by atoms with Gasteiger partial charge in [-0.3, -0.25) is 24.0 Å². The predicted octanol–water partition coefficient (Wildman–Crippen LogP) is 3.17. The van der Waals surface area contributed by atoms with Crippen LogP contribution in [0, 0.1) is 11.8 Å². The molecule has 5 amide bonds. The number of nitrogens with zero attached hydrogens (tertiary/aromatic N) is 2. The molecule has 2 aromatic rings. The third kappa shape index (κ3) is 9.84. The average molecular weight is 718 g/mol. The molecule has 5 atom stereocenters. The smallest absolute Gasteiger partial charge is 0.410 e. The number of likely N-dealkylation sites (tertiary alicyclic amines) is 1. The lowest BCUT2D eigenvalue weighted by Crippen LogP contribution is -2.57. The molecule has 52 heavy (non-hydrogen) atoms. The molecule has 2 aliphatic rings. The van der Waals surface area contributed by atoms with Gasteiger partial charge in [0.1, 0.15) is 24.3 Å². The minimum Gasteiger partial charge on any atom is -0.444 e. The van der Waals surface area contributed by atoms with E-state index in [2.05, 4.69) is 16.0 Å². The number of aliphatic hydroxyl groups is 1. The second kappa shape index (κ2) is 17.9. The topological polar surface area (TPSA) is 174 Å². The summed E-state index contributed by atoms with van der Waals surface area (Å²) in [4.78, 5) is 83.6. The van der Waals surface area contributed by atoms with Gasteiger partial charge in [-0.05, 0) is 48.3 Å². The van der Waals surface area contributed by atoms with Crippen LogP contribution in [0.25, 0.3) is 0 Å². The van der Waals surface area contributed by atoms with E-state index in [4.69, 9.17) is 4.74 Å². The Hall–Kier alpha value is -5.04. The summed E-state index contributed by atoms with van der Waals surface area (Å²) in [7, 11) is 0. The molecule has 2 aromatic carbocycles. The van der Waals surface area contributed by atoms with Crippen LogP contribution in [0.1, 0.15) is 77.1 Å². The number of hydrogen-bond acceptors (Lipinski definition) is 8. The molecule has 0 saturated carbocycles. The molecule has 0 bridgehead atoms. The zero-order chi connectivity index (χ0) is 38.1. The molecule has 0 spiro atoms. The molecule has 1 saturated heterocycles. The summed E-state index contributed by atoms with van der Waals surface area (Å²) in [6, 6.07) is 14.1. The molecule has 1 fully saturated rings. The van der Waals surface area contributed by atoms with Crippen molar-refractivity contribution < 1.29 is 38.6 Å². The number of aliphatic hydroxyl groups excluding tert-OH is 1. The number of rotatable bonds is 13. The quantitative estimate of drug-likeness (QED) is 0.181. The fourth-order valence-corrected chi connectivity index (χ4v) is 6.31. The van der Waals surface area contributed by atoms with Gasteiger partial charge in [0.25, 0.3) is 11.7 Å². The highest BCUT2D eigenvalue weighted by Gasteiger charge is 2.45.